The van der Waals surface area contributed by atoms with Crippen molar-refractivity contribution in [3.63, 3.8) is 0 Å². The molecule has 0 radical (unpaired) electrons. The number of rotatable bonds is 6. The van der Waals surface area contributed by atoms with Gasteiger partial charge in [-0.2, -0.15) is 0 Å². The third-order valence-electron chi connectivity index (χ3n) is 9.17. The zero-order valence-corrected chi connectivity index (χ0v) is 33.1. The van der Waals surface area contributed by atoms with Crippen LogP contribution in [0.3, 0.4) is 0 Å². The zero-order chi connectivity index (χ0) is 39.1. The number of hydrogen-bond acceptors (Lipinski definition) is 1. The van der Waals surface area contributed by atoms with Gasteiger partial charge in [0.15, 0.2) is 0 Å². The molecule has 0 amide bonds. The molecule has 55 heavy (non-hydrogen) atoms. The molecule has 8 aromatic rings. The van der Waals surface area contributed by atoms with Crippen LogP contribution in [0.5, 0.6) is 0 Å². The van der Waals surface area contributed by atoms with Gasteiger partial charge in [0.1, 0.15) is 0 Å². The molecule has 0 aliphatic carbocycles. The third kappa shape index (κ3) is 14.6. The van der Waals surface area contributed by atoms with Crippen molar-refractivity contribution in [1.29, 1.82) is 0 Å². The maximum absolute atomic E-state index is 5.76. The summed E-state index contributed by atoms with van der Waals surface area (Å²) in [6.07, 6.45) is 5.48. The van der Waals surface area contributed by atoms with Gasteiger partial charge >= 0.3 is 0 Å². The summed E-state index contributed by atoms with van der Waals surface area (Å²) < 4.78 is 0. The normalized spacial score (nSPS) is 9.98. The molecule has 0 fully saturated rings. The molecular formula is C54H57N. The Labute approximate surface area is 330 Å². The molecule has 8 aromatic carbocycles. The molecule has 0 heterocycles. The molecule has 0 spiro atoms. The van der Waals surface area contributed by atoms with E-state index >= 15 is 0 Å². The van der Waals surface area contributed by atoms with E-state index in [-0.39, 0.29) is 0 Å². The van der Waals surface area contributed by atoms with Crippen molar-refractivity contribution in [3.8, 4) is 11.1 Å². The van der Waals surface area contributed by atoms with Crippen LogP contribution in [-0.4, -0.2) is 0 Å². The number of fused-ring (bicyclic) bond motifs is 2. The summed E-state index contributed by atoms with van der Waals surface area (Å²) in [7, 11) is 0. The molecule has 278 valence electrons. The second-order valence-corrected chi connectivity index (χ2v) is 13.8. The van der Waals surface area contributed by atoms with Crippen LogP contribution in [0.15, 0.2) is 213 Å². The number of hydrogen-bond donors (Lipinski definition) is 1. The fourth-order valence-corrected chi connectivity index (χ4v) is 5.95. The molecule has 0 aliphatic rings. The van der Waals surface area contributed by atoms with Crippen LogP contribution in [0, 0.1) is 13.8 Å². The van der Waals surface area contributed by atoms with Crippen molar-refractivity contribution < 1.29 is 0 Å². The molecule has 0 saturated carbocycles. The van der Waals surface area contributed by atoms with E-state index in [9.17, 15) is 0 Å². The Morgan fingerprint density at radius 2 is 0.964 bits per heavy atom. The maximum Gasteiger partial charge on any atom is 0.0393 e. The minimum Gasteiger partial charge on any atom is -0.398 e. The number of allylic oxidation sites excluding steroid dienone is 1. The predicted octanol–water partition coefficient (Wildman–Crippen LogP) is 15.2. The van der Waals surface area contributed by atoms with Gasteiger partial charge in [-0.1, -0.05) is 220 Å². The SMILES string of the molecule is C=CCCCc1ccccc1.CC(C)c1ccccc1.Cc1ccc(-c2ccccc2)cc1.Cc1cccc2ccccc12.Nc1cccc2ccccc12. The van der Waals surface area contributed by atoms with Crippen molar-refractivity contribution in [2.45, 2.75) is 52.9 Å². The van der Waals surface area contributed by atoms with Gasteiger partial charge in [0.05, 0.1) is 0 Å². The Balaban J connectivity index is 0.000000154. The topological polar surface area (TPSA) is 26.0 Å². The van der Waals surface area contributed by atoms with Crippen LogP contribution < -0.4 is 5.73 Å². The van der Waals surface area contributed by atoms with Gasteiger partial charge in [-0.3, -0.25) is 0 Å². The van der Waals surface area contributed by atoms with Crippen LogP contribution in [0.2, 0.25) is 0 Å². The summed E-state index contributed by atoms with van der Waals surface area (Å²) in [5.41, 5.74) is 14.7. The summed E-state index contributed by atoms with van der Waals surface area (Å²) in [6.45, 7) is 12.3. The molecule has 1 nitrogen and oxygen atoms in total. The molecule has 0 aliphatic heterocycles. The summed E-state index contributed by atoms with van der Waals surface area (Å²) in [5.74, 6) is 0.659. The first-order valence-electron chi connectivity index (χ1n) is 19.3. The molecule has 1 heteroatoms. The number of nitrogens with two attached hydrogens (primary N) is 1. The van der Waals surface area contributed by atoms with Crippen LogP contribution in [0.1, 0.15) is 54.9 Å². The quantitative estimate of drug-likeness (QED) is 0.103. The average molecular weight is 720 g/mol. The van der Waals surface area contributed by atoms with E-state index in [1.807, 2.05) is 48.5 Å². The average Bonchev–Trinajstić information content (AvgIpc) is 3.24. The van der Waals surface area contributed by atoms with Crippen molar-refractivity contribution in [2.75, 3.05) is 5.73 Å². The first-order valence-corrected chi connectivity index (χ1v) is 19.3. The van der Waals surface area contributed by atoms with Crippen LogP contribution >= 0.6 is 0 Å². The summed E-state index contributed by atoms with van der Waals surface area (Å²) in [6, 6.07) is 69.0. The molecule has 0 atom stereocenters. The van der Waals surface area contributed by atoms with Gasteiger partial charge in [-0.25, -0.2) is 0 Å². The van der Waals surface area contributed by atoms with E-state index in [0.717, 1.165) is 17.5 Å². The Kier molecular flexibility index (Phi) is 17.7. The minimum atomic E-state index is 0.659. The first kappa shape index (κ1) is 41.6. The standard InChI is InChI=1S/C13H12.C11H10.C11H14.C10H9N.C9H12/c1-11-7-9-13(10-8-11)12-5-3-2-4-6-12;1-9-5-4-7-10-6-2-3-8-11(9)10;1-2-3-5-8-11-9-6-4-7-10-11;11-10-7-3-5-8-4-1-2-6-9(8)10;1-8(2)9-6-4-3-5-7-9/h2-10H,1H3;2-8H,1H3;2,4,6-7,9-10H,1,3,5,8H2;1-7H,11H2;3-8H,1-2H3. The van der Waals surface area contributed by atoms with Crippen molar-refractivity contribution in [3.05, 3.63) is 235 Å². The highest BCUT2D eigenvalue weighted by atomic mass is 14.5. The number of unbranched alkanes of at least 4 members (excludes halogenated alkanes) is 1. The summed E-state index contributed by atoms with van der Waals surface area (Å²) in [5, 5.41) is 5.02. The molecule has 8 rings (SSSR count). The van der Waals surface area contributed by atoms with E-state index in [0.29, 0.717) is 5.92 Å². The maximum atomic E-state index is 5.76. The number of nitrogen functional groups attached to an aromatic ring is 1. The summed E-state index contributed by atoms with van der Waals surface area (Å²) in [4.78, 5) is 0. The van der Waals surface area contributed by atoms with Crippen molar-refractivity contribution in [2.24, 2.45) is 0 Å². The third-order valence-corrected chi connectivity index (χ3v) is 9.17. The Bertz CT molecular complexity index is 2150. The minimum absolute atomic E-state index is 0.659. The lowest BCUT2D eigenvalue weighted by Crippen LogP contribution is -1.84. The van der Waals surface area contributed by atoms with Gasteiger partial charge < -0.3 is 5.73 Å². The highest BCUT2D eigenvalue weighted by molar-refractivity contribution is 5.92. The van der Waals surface area contributed by atoms with Crippen LogP contribution in [-0.2, 0) is 6.42 Å². The lowest BCUT2D eigenvalue weighted by molar-refractivity contribution is 0.844. The van der Waals surface area contributed by atoms with Gasteiger partial charge in [-0.15, -0.1) is 6.58 Å². The number of anilines is 1. The van der Waals surface area contributed by atoms with Crippen LogP contribution in [0.25, 0.3) is 32.7 Å². The predicted molar refractivity (Wildman–Crippen MR) is 244 cm³/mol. The number of aryl methyl sites for hydroxylation is 3. The molecule has 2 N–H and O–H groups in total. The first-order chi connectivity index (χ1) is 26.9. The van der Waals surface area contributed by atoms with E-state index in [1.54, 1.807) is 0 Å². The fourth-order valence-electron chi connectivity index (χ4n) is 5.95. The second-order valence-electron chi connectivity index (χ2n) is 13.8. The Morgan fingerprint density at radius 1 is 0.491 bits per heavy atom. The summed E-state index contributed by atoms with van der Waals surface area (Å²) >= 11 is 0. The molecule has 0 saturated heterocycles. The Morgan fingerprint density at radius 3 is 1.51 bits per heavy atom. The zero-order valence-electron chi connectivity index (χ0n) is 33.1. The van der Waals surface area contributed by atoms with E-state index in [1.165, 1.54) is 62.4 Å². The van der Waals surface area contributed by atoms with E-state index in [4.69, 9.17) is 5.73 Å². The van der Waals surface area contributed by atoms with Crippen molar-refractivity contribution in [1.82, 2.24) is 0 Å². The molecule has 0 unspecified atom stereocenters. The number of benzene rings is 8. The van der Waals surface area contributed by atoms with Crippen molar-refractivity contribution >= 4 is 27.2 Å². The molecule has 0 aromatic heterocycles. The second kappa shape index (κ2) is 23.5. The molecule has 0 bridgehead atoms. The Hall–Kier alpha value is -6.18. The monoisotopic (exact) mass is 719 g/mol. The van der Waals surface area contributed by atoms with E-state index in [2.05, 4.69) is 192 Å². The van der Waals surface area contributed by atoms with Gasteiger partial charge in [0.2, 0.25) is 0 Å². The highest BCUT2D eigenvalue weighted by Gasteiger charge is 1.96. The van der Waals surface area contributed by atoms with Gasteiger partial charge in [-0.05, 0) is 89.1 Å². The fraction of sp³-hybridized carbons (Fsp3) is 0.148. The van der Waals surface area contributed by atoms with Gasteiger partial charge in [0.25, 0.3) is 0 Å². The largest absolute Gasteiger partial charge is 0.398 e. The van der Waals surface area contributed by atoms with Crippen LogP contribution in [0.4, 0.5) is 5.69 Å². The smallest absolute Gasteiger partial charge is 0.0393 e. The lowest BCUT2D eigenvalue weighted by atomic mass is 10.0. The molecular weight excluding hydrogens is 663 g/mol. The lowest BCUT2D eigenvalue weighted by Gasteiger charge is -2.01. The highest BCUT2D eigenvalue weighted by Crippen LogP contribution is 2.20. The van der Waals surface area contributed by atoms with E-state index < -0.39 is 0 Å². The van der Waals surface area contributed by atoms with Gasteiger partial charge in [0, 0.05) is 11.1 Å².